The van der Waals surface area contributed by atoms with Crippen molar-refractivity contribution < 1.29 is 4.74 Å². The zero-order valence-electron chi connectivity index (χ0n) is 16.8. The molecule has 3 aromatic rings. The number of halogens is 1. The second-order valence-corrected chi connectivity index (χ2v) is 6.50. The number of hydrogen-bond donors (Lipinski definition) is 1. The quantitative estimate of drug-likeness (QED) is 0.294. The van der Waals surface area contributed by atoms with Crippen LogP contribution in [-0.4, -0.2) is 29.9 Å². The molecule has 1 N–H and O–H groups in total. The maximum Gasteiger partial charge on any atom is 0.193 e. The molecule has 1 aromatic heterocycles. The number of ether oxygens (including phenoxy) is 1. The summed E-state index contributed by atoms with van der Waals surface area (Å²) >= 11 is 0. The van der Waals surface area contributed by atoms with Crippen LogP contribution in [0.3, 0.4) is 0 Å². The third-order valence-electron chi connectivity index (χ3n) is 4.32. The smallest absolute Gasteiger partial charge is 0.193 e. The lowest BCUT2D eigenvalue weighted by Crippen LogP contribution is -2.38. The molecule has 0 aliphatic heterocycles. The van der Waals surface area contributed by atoms with E-state index in [1.807, 2.05) is 43.4 Å². The van der Waals surface area contributed by atoms with E-state index in [0.29, 0.717) is 13.2 Å². The van der Waals surface area contributed by atoms with E-state index in [0.717, 1.165) is 23.9 Å². The molecule has 0 amide bonds. The van der Waals surface area contributed by atoms with Crippen LogP contribution in [0.25, 0.3) is 0 Å². The van der Waals surface area contributed by atoms with E-state index < -0.39 is 0 Å². The summed E-state index contributed by atoms with van der Waals surface area (Å²) in [5.74, 6) is 1.69. The Kier molecular flexibility index (Phi) is 9.43. The van der Waals surface area contributed by atoms with E-state index in [1.54, 1.807) is 13.2 Å². The van der Waals surface area contributed by atoms with Crippen molar-refractivity contribution in [1.29, 1.82) is 0 Å². The number of hydrogen-bond acceptors (Lipinski definition) is 3. The van der Waals surface area contributed by atoms with E-state index >= 15 is 0 Å². The minimum atomic E-state index is 0. The Morgan fingerprint density at radius 1 is 0.966 bits per heavy atom. The molecular formula is C23H27IN4O. The minimum Gasteiger partial charge on any atom is -0.487 e. The molecule has 0 bridgehead atoms. The van der Waals surface area contributed by atoms with Gasteiger partial charge in [0.1, 0.15) is 12.4 Å². The van der Waals surface area contributed by atoms with Gasteiger partial charge in [-0.2, -0.15) is 0 Å². The molecule has 6 heteroatoms. The maximum absolute atomic E-state index is 5.78. The zero-order valence-corrected chi connectivity index (χ0v) is 19.1. The van der Waals surface area contributed by atoms with E-state index in [9.17, 15) is 0 Å². The number of aliphatic imine (C=N–C) groups is 1. The fraction of sp³-hybridized carbons (Fsp3) is 0.217. The number of pyridine rings is 1. The van der Waals surface area contributed by atoms with Crippen molar-refractivity contribution in [3.05, 3.63) is 95.8 Å². The number of nitrogens with one attached hydrogen (secondary N) is 1. The second kappa shape index (κ2) is 12.1. The lowest BCUT2D eigenvalue weighted by atomic mass is 10.2. The Morgan fingerprint density at radius 2 is 1.69 bits per heavy atom. The van der Waals surface area contributed by atoms with Crippen LogP contribution in [0, 0.1) is 0 Å². The summed E-state index contributed by atoms with van der Waals surface area (Å²) in [5, 5.41) is 3.41. The van der Waals surface area contributed by atoms with Gasteiger partial charge in [0, 0.05) is 33.4 Å². The zero-order chi connectivity index (χ0) is 19.6. The topological polar surface area (TPSA) is 49.8 Å². The van der Waals surface area contributed by atoms with Gasteiger partial charge in [-0.1, -0.05) is 48.5 Å². The van der Waals surface area contributed by atoms with Crippen LogP contribution in [0.5, 0.6) is 5.75 Å². The van der Waals surface area contributed by atoms with Gasteiger partial charge in [-0.25, -0.2) is 0 Å². The van der Waals surface area contributed by atoms with Crippen molar-refractivity contribution in [2.45, 2.75) is 19.7 Å². The summed E-state index contributed by atoms with van der Waals surface area (Å²) < 4.78 is 5.78. The van der Waals surface area contributed by atoms with Gasteiger partial charge in [0.15, 0.2) is 5.96 Å². The summed E-state index contributed by atoms with van der Waals surface area (Å²) in [7, 11) is 3.84. The maximum atomic E-state index is 5.78. The number of aromatic nitrogens is 1. The van der Waals surface area contributed by atoms with Crippen LogP contribution in [0.4, 0.5) is 0 Å². The molecule has 5 nitrogen and oxygen atoms in total. The van der Waals surface area contributed by atoms with Crippen molar-refractivity contribution in [3.8, 4) is 5.75 Å². The molecule has 0 aliphatic rings. The molecule has 0 unspecified atom stereocenters. The van der Waals surface area contributed by atoms with Crippen LogP contribution in [0.2, 0.25) is 0 Å². The van der Waals surface area contributed by atoms with Gasteiger partial charge in [-0.05, 0) is 35.4 Å². The first kappa shape index (κ1) is 22.7. The molecular weight excluding hydrogens is 475 g/mol. The number of nitrogens with zero attached hydrogens (tertiary/aromatic N) is 3. The van der Waals surface area contributed by atoms with E-state index in [1.165, 1.54) is 11.1 Å². The summed E-state index contributed by atoms with van der Waals surface area (Å²) in [6.07, 6.45) is 1.77. The lowest BCUT2D eigenvalue weighted by Gasteiger charge is -2.22. The van der Waals surface area contributed by atoms with Crippen molar-refractivity contribution in [1.82, 2.24) is 15.2 Å². The molecule has 0 atom stereocenters. The number of benzene rings is 2. The average Bonchev–Trinajstić information content (AvgIpc) is 2.75. The van der Waals surface area contributed by atoms with E-state index in [-0.39, 0.29) is 24.0 Å². The highest BCUT2D eigenvalue weighted by molar-refractivity contribution is 14.0. The summed E-state index contributed by atoms with van der Waals surface area (Å²) in [4.78, 5) is 10.8. The fourth-order valence-electron chi connectivity index (χ4n) is 2.84. The van der Waals surface area contributed by atoms with Crippen LogP contribution < -0.4 is 10.1 Å². The largest absolute Gasteiger partial charge is 0.487 e. The Hall–Kier alpha value is -2.61. The Morgan fingerprint density at radius 3 is 2.34 bits per heavy atom. The molecule has 0 saturated heterocycles. The SMILES string of the molecule is CN=C(NCc1ccc(OCc2ccccn2)cc1)N(C)Cc1ccccc1.I. The first-order valence-electron chi connectivity index (χ1n) is 9.32. The average molecular weight is 502 g/mol. The van der Waals surface area contributed by atoms with Gasteiger partial charge < -0.3 is 15.0 Å². The molecule has 0 aliphatic carbocycles. The molecule has 0 fully saturated rings. The minimum absolute atomic E-state index is 0. The molecule has 152 valence electrons. The summed E-state index contributed by atoms with van der Waals surface area (Å²) in [6.45, 7) is 1.97. The van der Waals surface area contributed by atoms with Crippen molar-refractivity contribution in [2.24, 2.45) is 4.99 Å². The molecule has 3 rings (SSSR count). The normalized spacial score (nSPS) is 10.8. The molecule has 0 saturated carbocycles. The molecule has 0 radical (unpaired) electrons. The fourth-order valence-corrected chi connectivity index (χ4v) is 2.84. The van der Waals surface area contributed by atoms with Crippen LogP contribution in [-0.2, 0) is 19.7 Å². The highest BCUT2D eigenvalue weighted by Gasteiger charge is 2.06. The van der Waals surface area contributed by atoms with Gasteiger partial charge in [0.05, 0.1) is 5.69 Å². The predicted octanol–water partition coefficient (Wildman–Crippen LogP) is 4.49. The van der Waals surface area contributed by atoms with Crippen molar-refractivity contribution in [3.63, 3.8) is 0 Å². The summed E-state index contributed by atoms with van der Waals surface area (Å²) in [6, 6.07) is 24.3. The van der Waals surface area contributed by atoms with E-state index in [2.05, 4.69) is 56.6 Å². The van der Waals surface area contributed by atoms with Gasteiger partial charge in [-0.15, -0.1) is 24.0 Å². The summed E-state index contributed by atoms with van der Waals surface area (Å²) in [5.41, 5.74) is 3.33. The van der Waals surface area contributed by atoms with Gasteiger partial charge in [0.2, 0.25) is 0 Å². The predicted molar refractivity (Wildman–Crippen MR) is 129 cm³/mol. The Labute approximate surface area is 189 Å². The van der Waals surface area contributed by atoms with Crippen LogP contribution in [0.15, 0.2) is 84.0 Å². The van der Waals surface area contributed by atoms with Crippen LogP contribution >= 0.6 is 24.0 Å². The molecule has 1 heterocycles. The highest BCUT2D eigenvalue weighted by Crippen LogP contribution is 2.14. The first-order chi connectivity index (χ1) is 13.7. The van der Waals surface area contributed by atoms with Crippen molar-refractivity contribution in [2.75, 3.05) is 14.1 Å². The molecule has 29 heavy (non-hydrogen) atoms. The molecule has 0 spiro atoms. The van der Waals surface area contributed by atoms with E-state index in [4.69, 9.17) is 4.74 Å². The Balaban J connectivity index is 0.00000300. The number of guanidine groups is 1. The molecule has 2 aromatic carbocycles. The Bertz CT molecular complexity index is 870. The first-order valence-corrected chi connectivity index (χ1v) is 9.32. The lowest BCUT2D eigenvalue weighted by molar-refractivity contribution is 0.301. The standard InChI is InChI=1S/C23H26N4O.HI/c1-24-23(27(2)17-20-8-4-3-5-9-20)26-16-19-11-13-22(14-12-19)28-18-21-10-6-7-15-25-21;/h3-15H,16-18H2,1-2H3,(H,24,26);1H. The third kappa shape index (κ3) is 7.38. The highest BCUT2D eigenvalue weighted by atomic mass is 127. The second-order valence-electron chi connectivity index (χ2n) is 6.50. The van der Waals surface area contributed by atoms with Gasteiger partial charge >= 0.3 is 0 Å². The van der Waals surface area contributed by atoms with Gasteiger partial charge in [0.25, 0.3) is 0 Å². The van der Waals surface area contributed by atoms with Crippen molar-refractivity contribution >= 4 is 29.9 Å². The monoisotopic (exact) mass is 502 g/mol. The van der Waals surface area contributed by atoms with Crippen LogP contribution in [0.1, 0.15) is 16.8 Å². The number of rotatable bonds is 7. The van der Waals surface area contributed by atoms with Gasteiger partial charge in [-0.3, -0.25) is 9.98 Å². The third-order valence-corrected chi connectivity index (χ3v) is 4.32.